The van der Waals surface area contributed by atoms with Crippen molar-refractivity contribution in [1.82, 2.24) is 0 Å². The highest BCUT2D eigenvalue weighted by atomic mass is 16.5. The number of Topliss-reactive ketones (excluding diaryl/α,β-unsaturated/α-hetero) is 1. The standard InChI is InChI=1S/C12H14O5/c1-6(13)10-8-3-7(14)4-9(15)11(8)17-5-12(10,2)16/h3-4,10,14-16H,5H2,1-2H3/t10-,12-/m0/s1. The predicted octanol–water partition coefficient (Wildman–Crippen LogP) is 0.914. The summed E-state index contributed by atoms with van der Waals surface area (Å²) in [6, 6.07) is 2.46. The number of ketones is 1. The third-order valence-electron chi connectivity index (χ3n) is 2.93. The summed E-state index contributed by atoms with van der Waals surface area (Å²) in [6.45, 7) is 2.76. The predicted molar refractivity (Wildman–Crippen MR) is 59.3 cm³/mol. The van der Waals surface area contributed by atoms with Crippen LogP contribution in [0.25, 0.3) is 0 Å². The zero-order chi connectivity index (χ0) is 12.8. The van der Waals surface area contributed by atoms with Crippen molar-refractivity contribution in [2.45, 2.75) is 25.4 Å². The second-order valence-corrected chi connectivity index (χ2v) is 4.57. The van der Waals surface area contributed by atoms with E-state index in [1.165, 1.54) is 19.9 Å². The number of rotatable bonds is 1. The second kappa shape index (κ2) is 3.63. The summed E-state index contributed by atoms with van der Waals surface area (Å²) in [7, 11) is 0. The van der Waals surface area contributed by atoms with Crippen LogP contribution < -0.4 is 4.74 Å². The molecule has 92 valence electrons. The van der Waals surface area contributed by atoms with Gasteiger partial charge in [-0.2, -0.15) is 0 Å². The van der Waals surface area contributed by atoms with Crippen molar-refractivity contribution in [3.63, 3.8) is 0 Å². The number of benzene rings is 1. The molecule has 0 fully saturated rings. The molecule has 0 aliphatic carbocycles. The van der Waals surface area contributed by atoms with E-state index in [4.69, 9.17) is 4.74 Å². The number of carbonyl (C=O) groups excluding carboxylic acids is 1. The van der Waals surface area contributed by atoms with Gasteiger partial charge in [-0.15, -0.1) is 0 Å². The molecule has 2 atom stereocenters. The highest BCUT2D eigenvalue weighted by Gasteiger charge is 2.43. The number of aliphatic hydroxyl groups is 1. The lowest BCUT2D eigenvalue weighted by Gasteiger charge is -2.37. The van der Waals surface area contributed by atoms with Crippen molar-refractivity contribution < 1.29 is 24.9 Å². The molecule has 1 heterocycles. The Bertz CT molecular complexity index is 478. The van der Waals surface area contributed by atoms with E-state index < -0.39 is 11.5 Å². The number of aromatic hydroxyl groups is 2. The average molecular weight is 238 g/mol. The molecule has 17 heavy (non-hydrogen) atoms. The molecule has 5 nitrogen and oxygen atoms in total. The van der Waals surface area contributed by atoms with Gasteiger partial charge in [0.15, 0.2) is 11.5 Å². The fraction of sp³-hybridized carbons (Fsp3) is 0.417. The highest BCUT2D eigenvalue weighted by molar-refractivity contribution is 5.86. The number of hydrogen-bond acceptors (Lipinski definition) is 5. The summed E-state index contributed by atoms with van der Waals surface area (Å²) in [4.78, 5) is 11.6. The van der Waals surface area contributed by atoms with Crippen molar-refractivity contribution in [3.8, 4) is 17.2 Å². The van der Waals surface area contributed by atoms with Crippen molar-refractivity contribution in [2.24, 2.45) is 0 Å². The summed E-state index contributed by atoms with van der Waals surface area (Å²) < 4.78 is 5.24. The van der Waals surface area contributed by atoms with Gasteiger partial charge in [-0.3, -0.25) is 4.79 Å². The molecule has 0 amide bonds. The number of carbonyl (C=O) groups is 1. The molecule has 1 aliphatic heterocycles. The van der Waals surface area contributed by atoms with Crippen LogP contribution in [0, 0.1) is 0 Å². The van der Waals surface area contributed by atoms with E-state index in [-0.39, 0.29) is 29.6 Å². The molecule has 3 N–H and O–H groups in total. The Morgan fingerprint density at radius 2 is 2.12 bits per heavy atom. The van der Waals surface area contributed by atoms with Gasteiger partial charge in [-0.1, -0.05) is 0 Å². The minimum absolute atomic E-state index is 0.0808. The lowest BCUT2D eigenvalue weighted by Crippen LogP contribution is -2.45. The molecule has 5 heteroatoms. The van der Waals surface area contributed by atoms with Crippen LogP contribution >= 0.6 is 0 Å². The SMILES string of the molecule is CC(=O)[C@H]1c2cc(O)cc(O)c2OC[C@]1(C)O. The smallest absolute Gasteiger partial charge is 0.165 e. The molecule has 1 aliphatic rings. The van der Waals surface area contributed by atoms with Gasteiger partial charge in [0.2, 0.25) is 0 Å². The van der Waals surface area contributed by atoms with Crippen molar-refractivity contribution in [3.05, 3.63) is 17.7 Å². The molecule has 0 aromatic heterocycles. The first kappa shape index (κ1) is 11.7. The van der Waals surface area contributed by atoms with E-state index in [1.807, 2.05) is 0 Å². The first-order valence-corrected chi connectivity index (χ1v) is 5.24. The summed E-state index contributed by atoms with van der Waals surface area (Å²) in [5.41, 5.74) is -1.04. The monoisotopic (exact) mass is 238 g/mol. The first-order chi connectivity index (χ1) is 7.83. The molecular weight excluding hydrogens is 224 g/mol. The van der Waals surface area contributed by atoms with Crippen LogP contribution in [0.2, 0.25) is 0 Å². The normalized spacial score (nSPS) is 27.1. The molecule has 0 spiro atoms. The van der Waals surface area contributed by atoms with Gasteiger partial charge in [0.05, 0.1) is 5.92 Å². The van der Waals surface area contributed by atoms with E-state index in [9.17, 15) is 20.1 Å². The van der Waals surface area contributed by atoms with Gasteiger partial charge in [0.25, 0.3) is 0 Å². The van der Waals surface area contributed by atoms with Gasteiger partial charge < -0.3 is 20.1 Å². The van der Waals surface area contributed by atoms with Gasteiger partial charge in [-0.05, 0) is 19.9 Å². The maximum absolute atomic E-state index is 11.6. The van der Waals surface area contributed by atoms with Crippen LogP contribution in [0.15, 0.2) is 12.1 Å². The Balaban J connectivity index is 2.64. The first-order valence-electron chi connectivity index (χ1n) is 5.24. The maximum Gasteiger partial charge on any atom is 0.165 e. The van der Waals surface area contributed by atoms with Crippen molar-refractivity contribution in [2.75, 3.05) is 6.61 Å². The van der Waals surface area contributed by atoms with Crippen LogP contribution in [0.5, 0.6) is 17.2 Å². The summed E-state index contributed by atoms with van der Waals surface area (Å²) in [5.74, 6) is -1.32. The van der Waals surface area contributed by atoms with Gasteiger partial charge in [0, 0.05) is 11.6 Å². The average Bonchev–Trinajstić information content (AvgIpc) is 2.13. The number of phenolic OH excluding ortho intramolecular Hbond substituents is 2. The largest absolute Gasteiger partial charge is 0.508 e. The molecule has 0 saturated carbocycles. The number of ether oxygens (including phenoxy) is 1. The number of hydrogen-bond donors (Lipinski definition) is 3. The highest BCUT2D eigenvalue weighted by Crippen LogP contribution is 2.46. The Kier molecular flexibility index (Phi) is 2.50. The van der Waals surface area contributed by atoms with Gasteiger partial charge >= 0.3 is 0 Å². The Morgan fingerprint density at radius 3 is 2.71 bits per heavy atom. The lowest BCUT2D eigenvalue weighted by atomic mass is 9.79. The number of phenols is 2. The van der Waals surface area contributed by atoms with Gasteiger partial charge in [0.1, 0.15) is 23.7 Å². The minimum atomic E-state index is -1.35. The zero-order valence-electron chi connectivity index (χ0n) is 9.60. The summed E-state index contributed by atoms with van der Waals surface area (Å²) in [5, 5.41) is 29.2. The molecule has 0 unspecified atom stereocenters. The molecule has 0 saturated heterocycles. The Labute approximate surface area is 98.3 Å². The molecule has 0 bridgehead atoms. The quantitative estimate of drug-likeness (QED) is 0.677. The molecule has 0 radical (unpaired) electrons. The van der Waals surface area contributed by atoms with Crippen molar-refractivity contribution >= 4 is 5.78 Å². The van der Waals surface area contributed by atoms with E-state index in [2.05, 4.69) is 0 Å². The molecule has 1 aromatic carbocycles. The molecular formula is C12H14O5. The summed E-state index contributed by atoms with van der Waals surface area (Å²) >= 11 is 0. The fourth-order valence-corrected chi connectivity index (χ4v) is 2.29. The van der Waals surface area contributed by atoms with Crippen LogP contribution in [0.4, 0.5) is 0 Å². The van der Waals surface area contributed by atoms with E-state index in [1.54, 1.807) is 0 Å². The van der Waals surface area contributed by atoms with Crippen molar-refractivity contribution in [1.29, 1.82) is 0 Å². The Morgan fingerprint density at radius 1 is 1.47 bits per heavy atom. The second-order valence-electron chi connectivity index (χ2n) is 4.57. The van der Waals surface area contributed by atoms with E-state index >= 15 is 0 Å². The van der Waals surface area contributed by atoms with Gasteiger partial charge in [-0.25, -0.2) is 0 Å². The van der Waals surface area contributed by atoms with Crippen LogP contribution in [-0.2, 0) is 4.79 Å². The van der Waals surface area contributed by atoms with E-state index in [0.29, 0.717) is 5.56 Å². The maximum atomic E-state index is 11.6. The Hall–Kier alpha value is -1.75. The zero-order valence-corrected chi connectivity index (χ0v) is 9.60. The third-order valence-corrected chi connectivity index (χ3v) is 2.93. The number of fused-ring (bicyclic) bond motifs is 1. The molecule has 2 rings (SSSR count). The minimum Gasteiger partial charge on any atom is -0.508 e. The van der Waals surface area contributed by atoms with Crippen LogP contribution in [0.3, 0.4) is 0 Å². The topological polar surface area (TPSA) is 87.0 Å². The fourth-order valence-electron chi connectivity index (χ4n) is 2.29. The lowest BCUT2D eigenvalue weighted by molar-refractivity contribution is -0.127. The summed E-state index contributed by atoms with van der Waals surface area (Å²) in [6.07, 6.45) is 0. The van der Waals surface area contributed by atoms with E-state index in [0.717, 1.165) is 6.07 Å². The van der Waals surface area contributed by atoms with Crippen LogP contribution in [-0.4, -0.2) is 33.3 Å². The van der Waals surface area contributed by atoms with Crippen LogP contribution in [0.1, 0.15) is 25.3 Å². The third kappa shape index (κ3) is 1.82. The molecule has 1 aromatic rings.